The average Bonchev–Trinajstić information content (AvgIpc) is 3.26. The second-order valence-corrected chi connectivity index (χ2v) is 8.01. The Bertz CT molecular complexity index is 1170. The zero-order chi connectivity index (χ0) is 22.3. The molecule has 9 heteroatoms. The standard InChI is InChI=1S/C22H15F4NO3S/c1-11-16-15(10-30-11)31-21(18(16)19(28)12-6-3-2-4-7-12)27-20(29)17-13(22(24,25)26)8-5-9-14(17)23/h2-9,11H,10H2,1H3,(H,27,29). The van der Waals surface area contributed by atoms with Gasteiger partial charge in [0.15, 0.2) is 5.78 Å². The minimum atomic E-state index is -4.92. The second-order valence-electron chi connectivity index (χ2n) is 6.91. The van der Waals surface area contributed by atoms with E-state index in [0.717, 1.165) is 23.5 Å². The number of halogens is 4. The van der Waals surface area contributed by atoms with E-state index in [0.29, 0.717) is 22.1 Å². The Morgan fingerprint density at radius 3 is 2.45 bits per heavy atom. The van der Waals surface area contributed by atoms with Crippen LogP contribution in [0, 0.1) is 5.82 Å². The third kappa shape index (κ3) is 3.86. The monoisotopic (exact) mass is 449 g/mol. The second kappa shape index (κ2) is 7.90. The van der Waals surface area contributed by atoms with Gasteiger partial charge in [0.1, 0.15) is 10.8 Å². The fraction of sp³-hybridized carbons (Fsp3) is 0.182. The number of ketones is 1. The van der Waals surface area contributed by atoms with Crippen LogP contribution in [0.5, 0.6) is 0 Å². The van der Waals surface area contributed by atoms with E-state index in [1.807, 2.05) is 0 Å². The van der Waals surface area contributed by atoms with Crippen molar-refractivity contribution in [2.24, 2.45) is 0 Å². The number of nitrogens with one attached hydrogen (secondary N) is 1. The van der Waals surface area contributed by atoms with Gasteiger partial charge in [-0.3, -0.25) is 9.59 Å². The number of carbonyl (C=O) groups is 2. The summed E-state index contributed by atoms with van der Waals surface area (Å²) in [7, 11) is 0. The lowest BCUT2D eigenvalue weighted by Gasteiger charge is -2.14. The number of benzene rings is 2. The molecular weight excluding hydrogens is 434 g/mol. The van der Waals surface area contributed by atoms with Crippen LogP contribution in [0.3, 0.4) is 0 Å². The summed E-state index contributed by atoms with van der Waals surface area (Å²) in [5.41, 5.74) is -1.43. The number of hydrogen-bond acceptors (Lipinski definition) is 4. The highest BCUT2D eigenvalue weighted by Crippen LogP contribution is 2.45. The zero-order valence-electron chi connectivity index (χ0n) is 16.0. The van der Waals surface area contributed by atoms with Gasteiger partial charge in [-0.2, -0.15) is 13.2 Å². The summed E-state index contributed by atoms with van der Waals surface area (Å²) in [6, 6.07) is 10.6. The maximum atomic E-state index is 14.2. The molecule has 2 heterocycles. The Kier molecular flexibility index (Phi) is 5.40. The van der Waals surface area contributed by atoms with E-state index in [-0.39, 0.29) is 17.2 Å². The van der Waals surface area contributed by atoms with Crippen molar-refractivity contribution in [1.29, 1.82) is 0 Å². The van der Waals surface area contributed by atoms with Crippen LogP contribution < -0.4 is 5.32 Å². The number of alkyl halides is 3. The van der Waals surface area contributed by atoms with Gasteiger partial charge < -0.3 is 10.1 Å². The third-order valence-corrected chi connectivity index (χ3v) is 6.02. The molecule has 1 amide bonds. The maximum Gasteiger partial charge on any atom is 0.417 e. The molecule has 1 aliphatic rings. The van der Waals surface area contributed by atoms with Crippen LogP contribution in [0.1, 0.15) is 55.3 Å². The number of amides is 1. The van der Waals surface area contributed by atoms with Crippen LogP contribution in [0.2, 0.25) is 0 Å². The summed E-state index contributed by atoms with van der Waals surface area (Å²) >= 11 is 1.04. The minimum absolute atomic E-state index is 0.0652. The largest absolute Gasteiger partial charge is 0.417 e. The molecule has 1 aromatic heterocycles. The van der Waals surface area contributed by atoms with E-state index < -0.39 is 40.9 Å². The molecule has 0 aliphatic carbocycles. The fourth-order valence-electron chi connectivity index (χ4n) is 3.52. The molecule has 0 saturated heterocycles. The lowest BCUT2D eigenvalue weighted by Crippen LogP contribution is -2.21. The third-order valence-electron chi connectivity index (χ3n) is 4.93. The first kappa shape index (κ1) is 21.2. The van der Waals surface area contributed by atoms with Crippen molar-refractivity contribution in [3.63, 3.8) is 0 Å². The first-order valence-electron chi connectivity index (χ1n) is 9.22. The number of rotatable bonds is 4. The fourth-order valence-corrected chi connectivity index (χ4v) is 4.72. The molecule has 31 heavy (non-hydrogen) atoms. The van der Waals surface area contributed by atoms with E-state index in [1.54, 1.807) is 37.3 Å². The normalized spacial score (nSPS) is 15.6. The van der Waals surface area contributed by atoms with Crippen LogP contribution in [-0.2, 0) is 17.5 Å². The molecule has 0 bridgehead atoms. The lowest BCUT2D eigenvalue weighted by molar-refractivity contribution is -0.138. The highest BCUT2D eigenvalue weighted by Gasteiger charge is 2.38. The molecule has 0 radical (unpaired) electrons. The highest BCUT2D eigenvalue weighted by molar-refractivity contribution is 7.17. The molecular formula is C22H15F4NO3S. The first-order chi connectivity index (χ1) is 14.7. The Morgan fingerprint density at radius 2 is 1.77 bits per heavy atom. The van der Waals surface area contributed by atoms with Crippen molar-refractivity contribution in [2.75, 3.05) is 5.32 Å². The van der Waals surface area contributed by atoms with Gasteiger partial charge in [-0.25, -0.2) is 4.39 Å². The molecule has 4 nitrogen and oxygen atoms in total. The van der Waals surface area contributed by atoms with Crippen molar-refractivity contribution < 1.29 is 31.9 Å². The topological polar surface area (TPSA) is 55.4 Å². The summed E-state index contributed by atoms with van der Waals surface area (Å²) < 4.78 is 59.8. The number of carbonyl (C=O) groups excluding carboxylic acids is 2. The van der Waals surface area contributed by atoms with Gasteiger partial charge in [-0.1, -0.05) is 36.4 Å². The van der Waals surface area contributed by atoms with Gasteiger partial charge in [0, 0.05) is 16.0 Å². The van der Waals surface area contributed by atoms with E-state index in [1.165, 1.54) is 0 Å². The summed E-state index contributed by atoms with van der Waals surface area (Å²) in [5, 5.41) is 2.41. The highest BCUT2D eigenvalue weighted by atomic mass is 32.1. The van der Waals surface area contributed by atoms with Crippen molar-refractivity contribution >= 4 is 28.0 Å². The van der Waals surface area contributed by atoms with E-state index in [2.05, 4.69) is 5.32 Å². The molecule has 3 aromatic rings. The molecule has 0 spiro atoms. The van der Waals surface area contributed by atoms with Crippen molar-refractivity contribution in [3.05, 3.63) is 87.0 Å². The maximum absolute atomic E-state index is 14.2. The van der Waals surface area contributed by atoms with Crippen LogP contribution >= 0.6 is 11.3 Å². The Balaban J connectivity index is 1.79. The number of thiophene rings is 1. The molecule has 2 aromatic carbocycles. The number of hydrogen-bond donors (Lipinski definition) is 1. The quantitative estimate of drug-likeness (QED) is 0.394. The van der Waals surface area contributed by atoms with Crippen LogP contribution in [0.4, 0.5) is 22.6 Å². The Morgan fingerprint density at radius 1 is 1.06 bits per heavy atom. The smallest absolute Gasteiger partial charge is 0.368 e. The van der Waals surface area contributed by atoms with Gasteiger partial charge in [0.25, 0.3) is 5.91 Å². The van der Waals surface area contributed by atoms with E-state index in [9.17, 15) is 27.2 Å². The predicted octanol–water partition coefficient (Wildman–Crippen LogP) is 5.98. The summed E-state index contributed by atoms with van der Waals surface area (Å²) in [5.74, 6) is -2.99. The van der Waals surface area contributed by atoms with Gasteiger partial charge in [-0.15, -0.1) is 11.3 Å². The Hall–Kier alpha value is -3.04. The predicted molar refractivity (Wildman–Crippen MR) is 107 cm³/mol. The van der Waals surface area contributed by atoms with Gasteiger partial charge in [0.2, 0.25) is 0 Å². The van der Waals surface area contributed by atoms with Gasteiger partial charge in [-0.05, 0) is 19.1 Å². The SMILES string of the molecule is CC1OCc2sc(NC(=O)c3c(F)cccc3C(F)(F)F)c(C(=O)c3ccccc3)c21. The Labute approximate surface area is 178 Å². The first-order valence-corrected chi connectivity index (χ1v) is 10.0. The molecule has 4 rings (SSSR count). The van der Waals surface area contributed by atoms with Gasteiger partial charge in [0.05, 0.1) is 29.4 Å². The minimum Gasteiger partial charge on any atom is -0.368 e. The van der Waals surface area contributed by atoms with Crippen LogP contribution in [0.25, 0.3) is 0 Å². The molecule has 1 aliphatic heterocycles. The molecule has 1 N–H and O–H groups in total. The summed E-state index contributed by atoms with van der Waals surface area (Å²) in [4.78, 5) is 26.6. The molecule has 1 atom stereocenters. The van der Waals surface area contributed by atoms with Crippen LogP contribution in [-0.4, -0.2) is 11.7 Å². The lowest BCUT2D eigenvalue weighted by atomic mass is 9.98. The number of fused-ring (bicyclic) bond motifs is 1. The van der Waals surface area contributed by atoms with Crippen molar-refractivity contribution in [2.45, 2.75) is 25.8 Å². The van der Waals surface area contributed by atoms with E-state index in [4.69, 9.17) is 4.74 Å². The zero-order valence-corrected chi connectivity index (χ0v) is 16.9. The number of ether oxygens (including phenoxy) is 1. The van der Waals surface area contributed by atoms with Gasteiger partial charge >= 0.3 is 6.18 Å². The van der Waals surface area contributed by atoms with Crippen molar-refractivity contribution in [3.8, 4) is 0 Å². The molecule has 0 saturated carbocycles. The molecule has 160 valence electrons. The summed E-state index contributed by atoms with van der Waals surface area (Å²) in [6.07, 6.45) is -5.35. The number of anilines is 1. The van der Waals surface area contributed by atoms with Crippen molar-refractivity contribution in [1.82, 2.24) is 0 Å². The summed E-state index contributed by atoms with van der Waals surface area (Å²) in [6.45, 7) is 1.95. The average molecular weight is 449 g/mol. The molecule has 0 fully saturated rings. The molecule has 1 unspecified atom stereocenters. The van der Waals surface area contributed by atoms with E-state index >= 15 is 0 Å². The van der Waals surface area contributed by atoms with Crippen LogP contribution in [0.15, 0.2) is 48.5 Å².